The lowest BCUT2D eigenvalue weighted by Gasteiger charge is -2.12. The van der Waals surface area contributed by atoms with Crippen molar-refractivity contribution in [2.75, 3.05) is 5.88 Å². The number of hydrogen-bond donors (Lipinski definition) is 2. The molecule has 0 bridgehead atoms. The number of rotatable bonds is 7. The molecule has 86 valence electrons. The Kier molecular flexibility index (Phi) is 6.70. The van der Waals surface area contributed by atoms with Crippen molar-refractivity contribution in [1.82, 2.24) is 5.32 Å². The zero-order valence-corrected chi connectivity index (χ0v) is 9.21. The molecule has 6 heteroatoms. The maximum atomic E-state index is 11.2. The molecule has 0 fully saturated rings. The topological polar surface area (TPSA) is 83.5 Å². The molecule has 0 aliphatic heterocycles. The zero-order valence-electron chi connectivity index (χ0n) is 8.46. The SMILES string of the molecule is CC(=O)CC(NC(=O)CCCCl)C(=O)O. The van der Waals surface area contributed by atoms with Crippen LogP contribution in [-0.2, 0) is 14.4 Å². The first-order chi connectivity index (χ1) is 6.97. The van der Waals surface area contributed by atoms with Gasteiger partial charge in [0.05, 0.1) is 0 Å². The van der Waals surface area contributed by atoms with Crippen molar-refractivity contribution in [3.8, 4) is 0 Å². The lowest BCUT2D eigenvalue weighted by molar-refractivity contribution is -0.143. The lowest BCUT2D eigenvalue weighted by Crippen LogP contribution is -2.41. The Morgan fingerprint density at radius 3 is 2.40 bits per heavy atom. The van der Waals surface area contributed by atoms with E-state index in [0.717, 1.165) is 0 Å². The number of nitrogens with one attached hydrogen (secondary N) is 1. The van der Waals surface area contributed by atoms with Gasteiger partial charge in [-0.3, -0.25) is 9.59 Å². The molecule has 0 aromatic rings. The molecule has 0 rings (SSSR count). The third kappa shape index (κ3) is 6.90. The molecular weight excluding hydrogens is 222 g/mol. The number of carboxylic acid groups (broad SMARTS) is 1. The Balaban J connectivity index is 4.10. The molecule has 0 saturated heterocycles. The van der Waals surface area contributed by atoms with Crippen LogP contribution >= 0.6 is 11.6 Å². The molecule has 1 unspecified atom stereocenters. The fourth-order valence-corrected chi connectivity index (χ4v) is 1.12. The molecule has 0 saturated carbocycles. The summed E-state index contributed by atoms with van der Waals surface area (Å²) in [6.07, 6.45) is 0.465. The van der Waals surface area contributed by atoms with E-state index in [1.165, 1.54) is 6.92 Å². The number of ketones is 1. The van der Waals surface area contributed by atoms with Crippen LogP contribution in [0.5, 0.6) is 0 Å². The first-order valence-electron chi connectivity index (χ1n) is 4.55. The first-order valence-corrected chi connectivity index (χ1v) is 5.08. The second-order valence-electron chi connectivity index (χ2n) is 3.16. The summed E-state index contributed by atoms with van der Waals surface area (Å²) in [5.74, 6) is -1.54. The van der Waals surface area contributed by atoms with Crippen LogP contribution in [0, 0.1) is 0 Å². The van der Waals surface area contributed by atoms with Gasteiger partial charge in [0.2, 0.25) is 5.91 Å². The van der Waals surface area contributed by atoms with Crippen LogP contribution in [0.25, 0.3) is 0 Å². The average Bonchev–Trinajstić information content (AvgIpc) is 2.12. The van der Waals surface area contributed by atoms with E-state index in [0.29, 0.717) is 12.3 Å². The normalized spacial score (nSPS) is 11.9. The number of carbonyl (C=O) groups is 3. The number of carbonyl (C=O) groups excluding carboxylic acids is 2. The smallest absolute Gasteiger partial charge is 0.326 e. The van der Waals surface area contributed by atoms with Gasteiger partial charge >= 0.3 is 5.97 Å². The van der Waals surface area contributed by atoms with Gasteiger partial charge in [-0.1, -0.05) is 0 Å². The number of hydrogen-bond acceptors (Lipinski definition) is 3. The summed E-state index contributed by atoms with van der Waals surface area (Å²) >= 11 is 5.38. The number of carboxylic acids is 1. The molecule has 5 nitrogen and oxygen atoms in total. The standard InChI is InChI=1S/C9H14ClNO4/c1-6(12)5-7(9(14)15)11-8(13)3-2-4-10/h7H,2-5H2,1H3,(H,11,13)(H,14,15). The minimum absolute atomic E-state index is 0.172. The van der Waals surface area contributed by atoms with E-state index in [1.807, 2.05) is 0 Å². The van der Waals surface area contributed by atoms with Crippen LogP contribution < -0.4 is 5.32 Å². The summed E-state index contributed by atoms with van der Waals surface area (Å²) in [5.41, 5.74) is 0. The summed E-state index contributed by atoms with van der Waals surface area (Å²) in [6.45, 7) is 1.28. The Hall–Kier alpha value is -1.10. The van der Waals surface area contributed by atoms with Crippen LogP contribution in [0.3, 0.4) is 0 Å². The van der Waals surface area contributed by atoms with Crippen molar-refractivity contribution in [3.63, 3.8) is 0 Å². The largest absolute Gasteiger partial charge is 0.480 e. The van der Waals surface area contributed by atoms with Gasteiger partial charge in [-0.05, 0) is 13.3 Å². The Labute approximate surface area is 92.8 Å². The molecule has 15 heavy (non-hydrogen) atoms. The summed E-state index contributed by atoms with van der Waals surface area (Å²) in [4.78, 5) is 32.5. The first kappa shape index (κ1) is 13.9. The van der Waals surface area contributed by atoms with E-state index in [9.17, 15) is 14.4 Å². The fourth-order valence-electron chi connectivity index (χ4n) is 0.981. The van der Waals surface area contributed by atoms with E-state index in [2.05, 4.69) is 5.32 Å². The highest BCUT2D eigenvalue weighted by molar-refractivity contribution is 6.17. The van der Waals surface area contributed by atoms with Crippen molar-refractivity contribution >= 4 is 29.3 Å². The van der Waals surface area contributed by atoms with Crippen molar-refractivity contribution in [1.29, 1.82) is 0 Å². The van der Waals surface area contributed by atoms with Crippen LogP contribution in [0.2, 0.25) is 0 Å². The fraction of sp³-hybridized carbons (Fsp3) is 0.667. The lowest BCUT2D eigenvalue weighted by atomic mass is 10.1. The van der Waals surface area contributed by atoms with Crippen molar-refractivity contribution in [2.24, 2.45) is 0 Å². The van der Waals surface area contributed by atoms with Crippen molar-refractivity contribution in [3.05, 3.63) is 0 Å². The molecule has 2 N–H and O–H groups in total. The summed E-state index contributed by atoms with van der Waals surface area (Å²) in [7, 11) is 0. The second kappa shape index (κ2) is 7.23. The molecule has 0 spiro atoms. The van der Waals surface area contributed by atoms with Gasteiger partial charge < -0.3 is 10.4 Å². The van der Waals surface area contributed by atoms with Crippen molar-refractivity contribution in [2.45, 2.75) is 32.2 Å². The molecular formula is C9H14ClNO4. The summed E-state index contributed by atoms with van der Waals surface area (Å²) < 4.78 is 0. The predicted octanol–water partition coefficient (Wildman–Crippen LogP) is 0.554. The highest BCUT2D eigenvalue weighted by atomic mass is 35.5. The van der Waals surface area contributed by atoms with Gasteiger partial charge in [0.15, 0.2) is 0 Å². The Bertz CT molecular complexity index is 254. The van der Waals surface area contributed by atoms with E-state index in [4.69, 9.17) is 16.7 Å². The van der Waals surface area contributed by atoms with Gasteiger partial charge in [0.1, 0.15) is 11.8 Å². The van der Waals surface area contributed by atoms with Gasteiger partial charge in [-0.2, -0.15) is 0 Å². The van der Waals surface area contributed by atoms with Crippen LogP contribution in [0.4, 0.5) is 0 Å². The zero-order chi connectivity index (χ0) is 11.8. The molecule has 0 aliphatic rings. The highest BCUT2D eigenvalue weighted by Crippen LogP contribution is 1.97. The predicted molar refractivity (Wildman–Crippen MR) is 54.8 cm³/mol. The van der Waals surface area contributed by atoms with Crippen molar-refractivity contribution < 1.29 is 19.5 Å². The third-order valence-corrected chi connectivity index (χ3v) is 1.93. The molecule has 1 amide bonds. The average molecular weight is 236 g/mol. The number of aliphatic carboxylic acids is 1. The maximum Gasteiger partial charge on any atom is 0.326 e. The van der Waals surface area contributed by atoms with Gasteiger partial charge in [-0.25, -0.2) is 4.79 Å². The highest BCUT2D eigenvalue weighted by Gasteiger charge is 2.20. The summed E-state index contributed by atoms with van der Waals surface area (Å²) in [5, 5.41) is 11.0. The van der Waals surface area contributed by atoms with E-state index >= 15 is 0 Å². The number of Topliss-reactive ketones (excluding diaryl/α,β-unsaturated/α-hetero) is 1. The number of halogens is 1. The van der Waals surface area contributed by atoms with E-state index < -0.39 is 17.9 Å². The number of amides is 1. The Morgan fingerprint density at radius 2 is 2.00 bits per heavy atom. The molecule has 0 radical (unpaired) electrons. The second-order valence-corrected chi connectivity index (χ2v) is 3.53. The van der Waals surface area contributed by atoms with Crippen LogP contribution in [-0.4, -0.2) is 34.7 Å². The van der Waals surface area contributed by atoms with Crippen LogP contribution in [0.15, 0.2) is 0 Å². The molecule has 0 heterocycles. The van der Waals surface area contributed by atoms with E-state index in [1.54, 1.807) is 0 Å². The molecule has 0 aromatic heterocycles. The quantitative estimate of drug-likeness (QED) is 0.632. The minimum Gasteiger partial charge on any atom is -0.480 e. The van der Waals surface area contributed by atoms with Gasteiger partial charge in [-0.15, -0.1) is 11.6 Å². The summed E-state index contributed by atoms with van der Waals surface area (Å²) in [6, 6.07) is -1.13. The van der Waals surface area contributed by atoms with E-state index in [-0.39, 0.29) is 18.6 Å². The molecule has 1 atom stereocenters. The van der Waals surface area contributed by atoms with Gasteiger partial charge in [0, 0.05) is 18.7 Å². The molecule has 0 aromatic carbocycles. The number of alkyl halides is 1. The maximum absolute atomic E-state index is 11.2. The minimum atomic E-state index is -1.20. The van der Waals surface area contributed by atoms with Gasteiger partial charge in [0.25, 0.3) is 0 Å². The molecule has 0 aliphatic carbocycles. The van der Waals surface area contributed by atoms with Crippen LogP contribution in [0.1, 0.15) is 26.2 Å². The Morgan fingerprint density at radius 1 is 1.40 bits per heavy atom. The monoisotopic (exact) mass is 235 g/mol. The third-order valence-electron chi connectivity index (χ3n) is 1.66.